The Bertz CT molecular complexity index is 2060. The van der Waals surface area contributed by atoms with E-state index in [1.54, 1.807) is 53.7 Å². The molecule has 0 heterocycles. The van der Waals surface area contributed by atoms with Crippen molar-refractivity contribution in [1.82, 2.24) is 47.9 Å². The van der Waals surface area contributed by atoms with Gasteiger partial charge < -0.3 is 68.9 Å². The summed E-state index contributed by atoms with van der Waals surface area (Å²) in [6.07, 6.45) is -1.60. The van der Waals surface area contributed by atoms with Crippen molar-refractivity contribution < 1.29 is 72.9 Å². The number of carbonyl (C=O) groups is 12. The molecule has 0 unspecified atom stereocenters. The molecule has 1 rings (SSSR count). The monoisotopic (exact) mass is 1010 g/mol. The van der Waals surface area contributed by atoms with Crippen LogP contribution in [-0.4, -0.2) is 147 Å². The van der Waals surface area contributed by atoms with E-state index in [4.69, 9.17) is 5.73 Å². The zero-order valence-corrected chi connectivity index (χ0v) is 41.3. The molecule has 9 atom stereocenters. The summed E-state index contributed by atoms with van der Waals surface area (Å²) in [5.74, 6) is -13.9. The number of carboxylic acid groups (broad SMARTS) is 2. The number of hydrogen-bond donors (Lipinski definition) is 14. The van der Waals surface area contributed by atoms with Gasteiger partial charge in [-0.05, 0) is 48.8 Å². The number of aromatic hydroxyl groups is 1. The predicted octanol–water partition coefficient (Wildman–Crippen LogP) is -2.92. The Kier molecular flexibility index (Phi) is 26.0. The number of phenolic OH excluding ortho intramolecular Hbond substituents is 1. The van der Waals surface area contributed by atoms with Gasteiger partial charge in [-0.15, -0.1) is 0 Å². The predicted molar refractivity (Wildman–Crippen MR) is 253 cm³/mol. The molecule has 10 amide bonds. The number of benzene rings is 1. The Morgan fingerprint density at radius 3 is 1.59 bits per heavy atom. The van der Waals surface area contributed by atoms with Crippen LogP contribution in [0.5, 0.6) is 5.75 Å². The lowest BCUT2D eigenvalue weighted by Gasteiger charge is -2.30. The molecular formula is C44H68N10O15S. The number of nitrogens with two attached hydrogens (primary N) is 1. The highest BCUT2D eigenvalue weighted by Crippen LogP contribution is 2.14. The first-order valence-electron chi connectivity index (χ1n) is 22.4. The van der Waals surface area contributed by atoms with E-state index in [0.717, 1.165) is 0 Å². The topological polar surface area (TPSA) is 400 Å². The van der Waals surface area contributed by atoms with Crippen LogP contribution in [0.3, 0.4) is 0 Å². The summed E-state index contributed by atoms with van der Waals surface area (Å²) in [7, 11) is 0. The number of carboxylic acids is 2. The van der Waals surface area contributed by atoms with Gasteiger partial charge in [-0.1, -0.05) is 60.1 Å². The van der Waals surface area contributed by atoms with E-state index in [9.17, 15) is 72.9 Å². The third-order valence-corrected chi connectivity index (χ3v) is 10.9. The summed E-state index contributed by atoms with van der Waals surface area (Å²) in [6, 6.07) is -5.63. The smallest absolute Gasteiger partial charge is 0.326 e. The first kappa shape index (κ1) is 61.0. The standard InChI is InChI=1S/C44H68N10O15S/c1-9-22(6)36(43(67)51-28(16-32(45)57)39(63)50-29(17-34(59)60)40(64)52-30(44(68)69)14-20(2)3)54-42(66)35(21(4)5)53-41(65)31(19-70)49-33(58)18-46-37(61)23(7)47-38(62)27(48-24(8)55)15-25-10-12-26(56)13-11-25/h10-13,20-23,27-31,35-36,56,70H,9,14-19H2,1-8H3,(H2,45,57)(H,46,61)(H,47,62)(H,48,55)(H,49,58)(H,50,63)(H,51,67)(H,52,64)(H,53,65)(H,54,66)(H,59,60)(H,68,69)/t22-,23-,27-,28-,29-,30-,31-,35-,36-/m0/s1. The van der Waals surface area contributed by atoms with E-state index in [2.05, 4.69) is 60.5 Å². The van der Waals surface area contributed by atoms with E-state index in [0.29, 0.717) is 5.56 Å². The molecule has 1 aromatic rings. The Hall–Kier alpha value is -6.99. The molecule has 390 valence electrons. The molecule has 25 nitrogen and oxygen atoms in total. The molecule has 1 aromatic carbocycles. The lowest BCUT2D eigenvalue weighted by atomic mass is 9.96. The fourth-order valence-electron chi connectivity index (χ4n) is 6.49. The minimum absolute atomic E-state index is 0.00149. The lowest BCUT2D eigenvalue weighted by molar-refractivity contribution is -0.144. The van der Waals surface area contributed by atoms with Gasteiger partial charge in [0.05, 0.1) is 19.4 Å². The van der Waals surface area contributed by atoms with E-state index < -0.39 is 151 Å². The third kappa shape index (κ3) is 22.0. The molecule has 0 aliphatic carbocycles. The number of hydrogen-bond acceptors (Lipinski definition) is 14. The fourth-order valence-corrected chi connectivity index (χ4v) is 6.75. The molecule has 0 aliphatic heterocycles. The normalized spacial score (nSPS) is 14.8. The maximum absolute atomic E-state index is 13.8. The van der Waals surface area contributed by atoms with Gasteiger partial charge in [0.15, 0.2) is 0 Å². The maximum atomic E-state index is 13.8. The average Bonchev–Trinajstić information content (AvgIpc) is 3.26. The summed E-state index contributed by atoms with van der Waals surface area (Å²) in [4.78, 5) is 154. The lowest BCUT2D eigenvalue weighted by Crippen LogP contribution is -2.62. The van der Waals surface area contributed by atoms with Crippen LogP contribution < -0.4 is 53.6 Å². The van der Waals surface area contributed by atoms with E-state index in [1.165, 1.54) is 26.0 Å². The summed E-state index contributed by atoms with van der Waals surface area (Å²) in [5.41, 5.74) is 5.96. The molecule has 0 spiro atoms. The number of primary amides is 1. The van der Waals surface area contributed by atoms with Gasteiger partial charge in [0, 0.05) is 19.1 Å². The number of aliphatic carboxylic acids is 2. The molecular weight excluding hydrogens is 941 g/mol. The van der Waals surface area contributed by atoms with Crippen molar-refractivity contribution >= 4 is 83.6 Å². The van der Waals surface area contributed by atoms with Crippen molar-refractivity contribution in [2.75, 3.05) is 12.3 Å². The van der Waals surface area contributed by atoms with Crippen molar-refractivity contribution in [3.8, 4) is 5.75 Å². The zero-order chi connectivity index (χ0) is 53.6. The number of phenols is 1. The van der Waals surface area contributed by atoms with Gasteiger partial charge in [-0.25, -0.2) is 4.79 Å². The third-order valence-electron chi connectivity index (χ3n) is 10.5. The van der Waals surface area contributed by atoms with Gasteiger partial charge >= 0.3 is 11.9 Å². The molecule has 26 heteroatoms. The first-order chi connectivity index (χ1) is 32.6. The molecule has 0 aliphatic rings. The minimum atomic E-state index is -1.86. The van der Waals surface area contributed by atoms with Crippen LogP contribution in [0.15, 0.2) is 24.3 Å². The van der Waals surface area contributed by atoms with E-state index in [1.807, 2.05) is 0 Å². The Balaban J connectivity index is 3.10. The van der Waals surface area contributed by atoms with Gasteiger partial charge in [0.2, 0.25) is 59.1 Å². The SMILES string of the molecule is CC[C@H](C)[C@H](NC(=O)[C@@H](NC(=O)[C@H](CS)NC(=O)CNC(=O)[C@H](C)NC(=O)[C@H](Cc1ccc(O)cc1)NC(C)=O)C(C)C)C(=O)N[C@@H](CC(N)=O)C(=O)N[C@@H](CC(=O)O)C(=O)N[C@@H](CC(C)C)C(=O)O. The van der Waals surface area contributed by atoms with Gasteiger partial charge in [-0.2, -0.15) is 12.6 Å². The quantitative estimate of drug-likeness (QED) is 0.0344. The van der Waals surface area contributed by atoms with Crippen LogP contribution in [0, 0.1) is 17.8 Å². The van der Waals surface area contributed by atoms with Crippen LogP contribution in [0.4, 0.5) is 0 Å². The second-order valence-corrected chi connectivity index (χ2v) is 17.8. The number of carbonyl (C=O) groups excluding carboxylic acids is 10. The van der Waals surface area contributed by atoms with Crippen molar-refractivity contribution in [2.45, 2.75) is 136 Å². The van der Waals surface area contributed by atoms with Crippen molar-refractivity contribution in [3.63, 3.8) is 0 Å². The number of nitrogens with one attached hydrogen (secondary N) is 9. The maximum Gasteiger partial charge on any atom is 0.326 e. The van der Waals surface area contributed by atoms with Crippen LogP contribution in [-0.2, 0) is 64.0 Å². The average molecular weight is 1010 g/mol. The Morgan fingerprint density at radius 2 is 1.10 bits per heavy atom. The van der Waals surface area contributed by atoms with Gasteiger partial charge in [0.25, 0.3) is 0 Å². The van der Waals surface area contributed by atoms with Crippen LogP contribution in [0.1, 0.15) is 86.6 Å². The van der Waals surface area contributed by atoms with Crippen LogP contribution >= 0.6 is 12.6 Å². The Morgan fingerprint density at radius 1 is 0.600 bits per heavy atom. The van der Waals surface area contributed by atoms with Crippen molar-refractivity contribution in [2.24, 2.45) is 23.5 Å². The second-order valence-electron chi connectivity index (χ2n) is 17.4. The number of thiol groups is 1. The highest BCUT2D eigenvalue weighted by atomic mass is 32.1. The van der Waals surface area contributed by atoms with Gasteiger partial charge in [0.1, 0.15) is 54.1 Å². The highest BCUT2D eigenvalue weighted by Gasteiger charge is 2.37. The molecule has 0 saturated heterocycles. The summed E-state index contributed by atoms with van der Waals surface area (Å²) < 4.78 is 0. The van der Waals surface area contributed by atoms with Gasteiger partial charge in [-0.3, -0.25) is 52.7 Å². The summed E-state index contributed by atoms with van der Waals surface area (Å²) >= 11 is 4.15. The first-order valence-corrected chi connectivity index (χ1v) is 23.0. The molecule has 0 saturated carbocycles. The van der Waals surface area contributed by atoms with Crippen molar-refractivity contribution in [3.05, 3.63) is 29.8 Å². The van der Waals surface area contributed by atoms with Crippen LogP contribution in [0.25, 0.3) is 0 Å². The zero-order valence-electron chi connectivity index (χ0n) is 40.4. The number of amides is 10. The second kappa shape index (κ2) is 29.8. The number of rotatable bonds is 30. The fraction of sp³-hybridized carbons (Fsp3) is 0.591. The minimum Gasteiger partial charge on any atom is -0.508 e. The molecule has 0 radical (unpaired) electrons. The van der Waals surface area contributed by atoms with E-state index in [-0.39, 0.29) is 36.7 Å². The largest absolute Gasteiger partial charge is 0.508 e. The van der Waals surface area contributed by atoms with E-state index >= 15 is 0 Å². The van der Waals surface area contributed by atoms with Crippen LogP contribution in [0.2, 0.25) is 0 Å². The molecule has 0 bridgehead atoms. The summed E-state index contributed by atoms with van der Waals surface area (Å²) in [6.45, 7) is 11.6. The Labute approximate surface area is 410 Å². The molecule has 0 fully saturated rings. The summed E-state index contributed by atoms with van der Waals surface area (Å²) in [5, 5.41) is 50.0. The van der Waals surface area contributed by atoms with Crippen molar-refractivity contribution in [1.29, 1.82) is 0 Å². The highest BCUT2D eigenvalue weighted by molar-refractivity contribution is 7.80. The molecule has 0 aromatic heterocycles. The molecule has 70 heavy (non-hydrogen) atoms. The molecule has 14 N–H and O–H groups in total.